The highest BCUT2D eigenvalue weighted by molar-refractivity contribution is 6.32. The number of para-hydroxylation sites is 1. The van der Waals surface area contributed by atoms with Gasteiger partial charge in [0.15, 0.2) is 0 Å². The van der Waals surface area contributed by atoms with E-state index in [0.29, 0.717) is 22.1 Å². The summed E-state index contributed by atoms with van der Waals surface area (Å²) in [5, 5.41) is 5.44. The van der Waals surface area contributed by atoms with Gasteiger partial charge >= 0.3 is 6.03 Å². The number of carbonyl (C=O) groups is 1. The third-order valence-electron chi connectivity index (χ3n) is 3.52. The zero-order chi connectivity index (χ0) is 18.5. The van der Waals surface area contributed by atoms with Crippen LogP contribution in [0.2, 0.25) is 5.02 Å². The fourth-order valence-corrected chi connectivity index (χ4v) is 2.55. The normalized spacial score (nSPS) is 10.2. The van der Waals surface area contributed by atoms with Crippen molar-refractivity contribution in [2.75, 3.05) is 17.7 Å². The van der Waals surface area contributed by atoms with E-state index in [1.165, 1.54) is 24.1 Å². The Morgan fingerprint density at radius 2 is 1.92 bits per heavy atom. The number of benzene rings is 2. The van der Waals surface area contributed by atoms with Crippen LogP contribution in [0.1, 0.15) is 0 Å². The molecule has 0 saturated carbocycles. The van der Waals surface area contributed by atoms with Gasteiger partial charge in [0.05, 0.1) is 17.8 Å². The van der Waals surface area contributed by atoms with Crippen molar-refractivity contribution >= 4 is 29.1 Å². The van der Waals surface area contributed by atoms with Gasteiger partial charge in [0.2, 0.25) is 5.82 Å². The van der Waals surface area contributed by atoms with Gasteiger partial charge in [-0.05, 0) is 30.3 Å². The van der Waals surface area contributed by atoms with Gasteiger partial charge < -0.3 is 10.1 Å². The standard InChI is InChI=1S/C18H15ClN4O3/c1-26-15-8-7-13(11-14(15)19)23-10-9-20-16(17(23)24)22-18(25)21-12-5-3-2-4-6-12/h2-11H,1H3,(H2,20,21,22,25). The van der Waals surface area contributed by atoms with Crippen molar-refractivity contribution in [3.8, 4) is 11.4 Å². The van der Waals surface area contributed by atoms with Crippen LogP contribution in [-0.2, 0) is 0 Å². The molecule has 2 aromatic carbocycles. The number of amides is 2. The van der Waals surface area contributed by atoms with Gasteiger partial charge in [-0.25, -0.2) is 9.78 Å². The van der Waals surface area contributed by atoms with E-state index in [1.54, 1.807) is 42.5 Å². The number of urea groups is 1. The van der Waals surface area contributed by atoms with Crippen molar-refractivity contribution in [1.82, 2.24) is 9.55 Å². The van der Waals surface area contributed by atoms with E-state index in [2.05, 4.69) is 15.6 Å². The molecule has 7 nitrogen and oxygen atoms in total. The predicted octanol–water partition coefficient (Wildman–Crippen LogP) is 3.54. The first-order chi connectivity index (χ1) is 12.6. The number of carbonyl (C=O) groups excluding carboxylic acids is 1. The van der Waals surface area contributed by atoms with Gasteiger partial charge in [0, 0.05) is 18.1 Å². The summed E-state index contributed by atoms with van der Waals surface area (Å²) < 4.78 is 6.43. The Hall–Kier alpha value is -3.32. The average molecular weight is 371 g/mol. The van der Waals surface area contributed by atoms with Gasteiger partial charge in [0.1, 0.15) is 5.75 Å². The second-order valence-electron chi connectivity index (χ2n) is 5.22. The quantitative estimate of drug-likeness (QED) is 0.735. The fourth-order valence-electron chi connectivity index (χ4n) is 2.30. The lowest BCUT2D eigenvalue weighted by atomic mass is 10.3. The van der Waals surface area contributed by atoms with Crippen molar-refractivity contribution in [3.63, 3.8) is 0 Å². The van der Waals surface area contributed by atoms with Crippen LogP contribution in [0.15, 0.2) is 65.7 Å². The third-order valence-corrected chi connectivity index (χ3v) is 3.81. The molecule has 132 valence electrons. The van der Waals surface area contributed by atoms with Crippen LogP contribution in [0, 0.1) is 0 Å². The van der Waals surface area contributed by atoms with Gasteiger partial charge in [-0.15, -0.1) is 0 Å². The van der Waals surface area contributed by atoms with Crippen LogP contribution in [0.25, 0.3) is 5.69 Å². The first-order valence-corrected chi connectivity index (χ1v) is 8.01. The van der Waals surface area contributed by atoms with Crippen LogP contribution in [0.5, 0.6) is 5.75 Å². The third kappa shape index (κ3) is 3.84. The number of methoxy groups -OCH3 is 1. The molecule has 3 aromatic rings. The van der Waals surface area contributed by atoms with Crippen LogP contribution in [0.4, 0.5) is 16.3 Å². The second-order valence-corrected chi connectivity index (χ2v) is 5.62. The Morgan fingerprint density at radius 3 is 2.62 bits per heavy atom. The van der Waals surface area contributed by atoms with E-state index in [9.17, 15) is 9.59 Å². The van der Waals surface area contributed by atoms with E-state index in [4.69, 9.17) is 16.3 Å². The zero-order valence-corrected chi connectivity index (χ0v) is 14.5. The first kappa shape index (κ1) is 17.5. The number of halogens is 1. The maximum atomic E-state index is 12.6. The lowest BCUT2D eigenvalue weighted by molar-refractivity contribution is 0.262. The van der Waals surface area contributed by atoms with Crippen LogP contribution < -0.4 is 20.9 Å². The number of nitrogens with one attached hydrogen (secondary N) is 2. The van der Waals surface area contributed by atoms with E-state index >= 15 is 0 Å². The summed E-state index contributed by atoms with van der Waals surface area (Å²) in [6, 6.07) is 13.2. The highest BCUT2D eigenvalue weighted by atomic mass is 35.5. The van der Waals surface area contributed by atoms with Crippen LogP contribution in [-0.4, -0.2) is 22.7 Å². The number of anilines is 2. The molecule has 0 saturated heterocycles. The molecule has 1 heterocycles. The Morgan fingerprint density at radius 1 is 1.15 bits per heavy atom. The summed E-state index contributed by atoms with van der Waals surface area (Å²) >= 11 is 6.11. The van der Waals surface area contributed by atoms with Crippen molar-refractivity contribution in [2.24, 2.45) is 0 Å². The number of nitrogens with zero attached hydrogens (tertiary/aromatic N) is 2. The number of rotatable bonds is 4. The Bertz CT molecular complexity index is 989. The number of hydrogen-bond acceptors (Lipinski definition) is 4. The van der Waals surface area contributed by atoms with Gasteiger partial charge in [-0.2, -0.15) is 0 Å². The van der Waals surface area contributed by atoms with Crippen LogP contribution in [0.3, 0.4) is 0 Å². The first-order valence-electron chi connectivity index (χ1n) is 7.63. The maximum Gasteiger partial charge on any atom is 0.325 e. The zero-order valence-electron chi connectivity index (χ0n) is 13.8. The Kier molecular flexibility index (Phi) is 5.19. The van der Waals surface area contributed by atoms with E-state index in [0.717, 1.165) is 0 Å². The van der Waals surface area contributed by atoms with E-state index in [1.807, 2.05) is 6.07 Å². The van der Waals surface area contributed by atoms with Crippen molar-refractivity contribution in [1.29, 1.82) is 0 Å². The smallest absolute Gasteiger partial charge is 0.325 e. The average Bonchev–Trinajstić information content (AvgIpc) is 2.64. The molecule has 2 N–H and O–H groups in total. The van der Waals surface area contributed by atoms with E-state index in [-0.39, 0.29) is 5.82 Å². The number of ether oxygens (including phenoxy) is 1. The molecule has 0 radical (unpaired) electrons. The monoisotopic (exact) mass is 370 g/mol. The van der Waals surface area contributed by atoms with Gasteiger partial charge in [-0.3, -0.25) is 14.7 Å². The van der Waals surface area contributed by atoms with Gasteiger partial charge in [-0.1, -0.05) is 29.8 Å². The fraction of sp³-hybridized carbons (Fsp3) is 0.0556. The molecule has 0 unspecified atom stereocenters. The molecule has 0 spiro atoms. The Labute approximate surface area is 154 Å². The molecule has 1 aromatic heterocycles. The van der Waals surface area contributed by atoms with Crippen LogP contribution >= 0.6 is 11.6 Å². The molecule has 0 aliphatic rings. The van der Waals surface area contributed by atoms with Crippen molar-refractivity contribution in [2.45, 2.75) is 0 Å². The topological polar surface area (TPSA) is 85.2 Å². The summed E-state index contributed by atoms with van der Waals surface area (Å²) in [5.41, 5.74) is 0.634. The molecule has 0 aliphatic carbocycles. The minimum atomic E-state index is -0.564. The summed E-state index contributed by atoms with van der Waals surface area (Å²) in [5.74, 6) is 0.394. The molecule has 0 fully saturated rings. The predicted molar refractivity (Wildman–Crippen MR) is 100 cm³/mol. The molecule has 26 heavy (non-hydrogen) atoms. The Balaban J connectivity index is 1.84. The van der Waals surface area contributed by atoms with E-state index < -0.39 is 11.6 Å². The highest BCUT2D eigenvalue weighted by Crippen LogP contribution is 2.26. The lowest BCUT2D eigenvalue weighted by Gasteiger charge is -2.11. The molecule has 2 amide bonds. The summed E-state index contributed by atoms with van der Waals surface area (Å²) in [6.07, 6.45) is 2.90. The summed E-state index contributed by atoms with van der Waals surface area (Å²) in [7, 11) is 1.51. The molecule has 0 atom stereocenters. The largest absolute Gasteiger partial charge is 0.495 e. The van der Waals surface area contributed by atoms with Crippen molar-refractivity contribution < 1.29 is 9.53 Å². The number of hydrogen-bond donors (Lipinski definition) is 2. The molecule has 0 bridgehead atoms. The summed E-state index contributed by atoms with van der Waals surface area (Å²) in [4.78, 5) is 28.6. The number of aromatic nitrogens is 2. The van der Waals surface area contributed by atoms with Crippen molar-refractivity contribution in [3.05, 3.63) is 76.3 Å². The molecular weight excluding hydrogens is 356 g/mol. The highest BCUT2D eigenvalue weighted by Gasteiger charge is 2.11. The minimum absolute atomic E-state index is 0.104. The molecule has 0 aliphatic heterocycles. The molecule has 3 rings (SSSR count). The molecule has 8 heteroatoms. The second kappa shape index (κ2) is 7.71. The SMILES string of the molecule is COc1ccc(-n2ccnc(NC(=O)Nc3ccccc3)c2=O)cc1Cl. The lowest BCUT2D eigenvalue weighted by Crippen LogP contribution is -2.28. The minimum Gasteiger partial charge on any atom is -0.495 e. The molecular formula is C18H15ClN4O3. The summed E-state index contributed by atoms with van der Waals surface area (Å²) in [6.45, 7) is 0. The maximum absolute atomic E-state index is 12.6. The van der Waals surface area contributed by atoms with Gasteiger partial charge in [0.25, 0.3) is 5.56 Å².